The average Bonchev–Trinajstić information content (AvgIpc) is 3.33. The molecule has 0 fully saturated rings. The summed E-state index contributed by atoms with van der Waals surface area (Å²) in [5, 5.41) is 3.11. The molecule has 0 bridgehead atoms. The number of amides is 2. The molecule has 4 aromatic rings. The molecule has 0 aliphatic carbocycles. The number of nitrogens with zero attached hydrogens (tertiary/aromatic N) is 2. The molecule has 2 aliphatic heterocycles. The molecule has 1 unspecified atom stereocenters. The van der Waals surface area contributed by atoms with Crippen LogP contribution < -0.4 is 14.8 Å². The van der Waals surface area contributed by atoms with Crippen molar-refractivity contribution in [1.82, 2.24) is 9.47 Å². The molecule has 6 nitrogen and oxygen atoms in total. The highest BCUT2D eigenvalue weighted by molar-refractivity contribution is 5.90. The molecular formula is C29H27N3O3. The summed E-state index contributed by atoms with van der Waals surface area (Å²) in [4.78, 5) is 15.8. The van der Waals surface area contributed by atoms with E-state index in [1.807, 2.05) is 41.3 Å². The molecule has 0 saturated carbocycles. The SMILES string of the molecule is CCc1ccc(C2c3cccn3-c3ccccc3CN2C(=O)Nc2ccc3c(c2)OCCO3)cc1. The zero-order valence-electron chi connectivity index (χ0n) is 19.6. The molecule has 0 saturated heterocycles. The Hall–Kier alpha value is -4.19. The summed E-state index contributed by atoms with van der Waals surface area (Å²) < 4.78 is 13.5. The maximum atomic E-state index is 13.9. The lowest BCUT2D eigenvalue weighted by Crippen LogP contribution is -2.38. The molecule has 1 aromatic heterocycles. The standard InChI is InChI=1S/C29H27N3O3/c1-2-20-9-11-21(12-10-20)28-25-8-5-15-31(25)24-7-4-3-6-22(24)19-32(28)29(33)30-23-13-14-26-27(18-23)35-17-16-34-26/h3-15,18,28H,2,16-17,19H2,1H3,(H,30,33). The van der Waals surface area contributed by atoms with E-state index in [2.05, 4.69) is 65.5 Å². The summed E-state index contributed by atoms with van der Waals surface area (Å²) >= 11 is 0. The highest BCUT2D eigenvalue weighted by Gasteiger charge is 2.33. The van der Waals surface area contributed by atoms with Crippen LogP contribution >= 0.6 is 0 Å². The highest BCUT2D eigenvalue weighted by atomic mass is 16.6. The molecular weight excluding hydrogens is 438 g/mol. The van der Waals surface area contributed by atoms with Gasteiger partial charge in [0.15, 0.2) is 11.5 Å². The number of hydrogen-bond donors (Lipinski definition) is 1. The first-order valence-corrected chi connectivity index (χ1v) is 12.0. The second-order valence-corrected chi connectivity index (χ2v) is 8.85. The summed E-state index contributed by atoms with van der Waals surface area (Å²) in [5.41, 5.74) is 6.26. The number of urea groups is 1. The maximum Gasteiger partial charge on any atom is 0.322 e. The molecule has 0 radical (unpaired) electrons. The molecule has 1 N–H and O–H groups in total. The Balaban J connectivity index is 1.41. The predicted molar refractivity (Wildman–Crippen MR) is 135 cm³/mol. The Bertz CT molecular complexity index is 1380. The van der Waals surface area contributed by atoms with Crippen LogP contribution in [0.3, 0.4) is 0 Å². The number of para-hydroxylation sites is 1. The number of fused-ring (bicyclic) bond motifs is 4. The summed E-state index contributed by atoms with van der Waals surface area (Å²) in [5.74, 6) is 1.35. The number of carbonyl (C=O) groups excluding carboxylic acids is 1. The lowest BCUT2D eigenvalue weighted by molar-refractivity contribution is 0.171. The van der Waals surface area contributed by atoms with Crippen LogP contribution in [-0.4, -0.2) is 28.7 Å². The van der Waals surface area contributed by atoms with Gasteiger partial charge in [-0.05, 0) is 53.4 Å². The van der Waals surface area contributed by atoms with Gasteiger partial charge >= 0.3 is 6.03 Å². The van der Waals surface area contributed by atoms with Gasteiger partial charge in [0, 0.05) is 23.6 Å². The van der Waals surface area contributed by atoms with E-state index in [9.17, 15) is 4.79 Å². The van der Waals surface area contributed by atoms with Gasteiger partial charge in [-0.15, -0.1) is 0 Å². The van der Waals surface area contributed by atoms with Crippen LogP contribution in [0.1, 0.15) is 35.3 Å². The van der Waals surface area contributed by atoms with Gasteiger partial charge in [0.1, 0.15) is 13.2 Å². The molecule has 2 amide bonds. The van der Waals surface area contributed by atoms with Crippen molar-refractivity contribution in [2.45, 2.75) is 25.9 Å². The zero-order chi connectivity index (χ0) is 23.8. The number of benzene rings is 3. The van der Waals surface area contributed by atoms with Gasteiger partial charge < -0.3 is 24.3 Å². The minimum absolute atomic E-state index is 0.171. The van der Waals surface area contributed by atoms with Gasteiger partial charge in [-0.25, -0.2) is 4.79 Å². The maximum absolute atomic E-state index is 13.9. The van der Waals surface area contributed by atoms with E-state index in [0.29, 0.717) is 36.9 Å². The number of ether oxygens (including phenoxy) is 2. The number of aryl methyl sites for hydroxylation is 1. The quantitative estimate of drug-likeness (QED) is 0.407. The van der Waals surface area contributed by atoms with E-state index in [0.717, 1.165) is 28.9 Å². The lowest BCUT2D eigenvalue weighted by Gasteiger charge is -2.31. The van der Waals surface area contributed by atoms with Gasteiger partial charge in [0.2, 0.25) is 0 Å². The monoisotopic (exact) mass is 465 g/mol. The fraction of sp³-hybridized carbons (Fsp3) is 0.207. The van der Waals surface area contributed by atoms with Crippen LogP contribution in [0.15, 0.2) is 85.1 Å². The first-order chi connectivity index (χ1) is 17.2. The molecule has 176 valence electrons. The minimum atomic E-state index is -0.250. The number of rotatable bonds is 3. The van der Waals surface area contributed by atoms with Gasteiger partial charge in [-0.3, -0.25) is 0 Å². The number of anilines is 1. The van der Waals surface area contributed by atoms with Crippen LogP contribution in [0, 0.1) is 0 Å². The van der Waals surface area contributed by atoms with Crippen LogP contribution in [0.4, 0.5) is 10.5 Å². The van der Waals surface area contributed by atoms with E-state index in [1.54, 1.807) is 0 Å². The van der Waals surface area contributed by atoms with Crippen molar-refractivity contribution in [3.63, 3.8) is 0 Å². The van der Waals surface area contributed by atoms with Crippen LogP contribution in [0.2, 0.25) is 0 Å². The molecule has 6 rings (SSSR count). The zero-order valence-corrected chi connectivity index (χ0v) is 19.6. The van der Waals surface area contributed by atoms with Crippen molar-refractivity contribution in [1.29, 1.82) is 0 Å². The Kier molecular flexibility index (Phi) is 5.41. The molecule has 0 spiro atoms. The second kappa shape index (κ2) is 8.87. The van der Waals surface area contributed by atoms with Crippen molar-refractivity contribution in [3.05, 3.63) is 107 Å². The van der Waals surface area contributed by atoms with Gasteiger partial charge in [-0.2, -0.15) is 0 Å². The summed E-state index contributed by atoms with van der Waals surface area (Å²) in [7, 11) is 0. The fourth-order valence-electron chi connectivity index (χ4n) is 4.94. The predicted octanol–water partition coefficient (Wildman–Crippen LogP) is 5.95. The number of nitrogens with one attached hydrogen (secondary N) is 1. The lowest BCUT2D eigenvalue weighted by atomic mass is 10.00. The molecule has 2 aliphatic rings. The van der Waals surface area contributed by atoms with Crippen LogP contribution in [0.25, 0.3) is 5.69 Å². The Labute approximate surface area is 204 Å². The average molecular weight is 466 g/mol. The second-order valence-electron chi connectivity index (χ2n) is 8.85. The van der Waals surface area contributed by atoms with Gasteiger partial charge in [-0.1, -0.05) is 49.4 Å². The van der Waals surface area contributed by atoms with Gasteiger partial charge in [0.05, 0.1) is 18.3 Å². The normalized spacial score (nSPS) is 16.1. The highest BCUT2D eigenvalue weighted by Crippen LogP contribution is 2.38. The van der Waals surface area contributed by atoms with E-state index in [1.165, 1.54) is 5.56 Å². The Morgan fingerprint density at radius 2 is 1.74 bits per heavy atom. The third kappa shape index (κ3) is 3.91. The number of aromatic nitrogens is 1. The summed E-state index contributed by atoms with van der Waals surface area (Å²) in [6, 6.07) is 26.1. The first kappa shape index (κ1) is 21.4. The molecule has 6 heteroatoms. The van der Waals surface area contributed by atoms with Crippen molar-refractivity contribution >= 4 is 11.7 Å². The smallest absolute Gasteiger partial charge is 0.322 e. The van der Waals surface area contributed by atoms with Gasteiger partial charge in [0.25, 0.3) is 0 Å². The van der Waals surface area contributed by atoms with Crippen molar-refractivity contribution in [3.8, 4) is 17.2 Å². The summed E-state index contributed by atoms with van der Waals surface area (Å²) in [6.07, 6.45) is 3.05. The largest absolute Gasteiger partial charge is 0.486 e. The molecule has 3 aromatic carbocycles. The van der Waals surface area contributed by atoms with Crippen LogP contribution in [-0.2, 0) is 13.0 Å². The summed E-state index contributed by atoms with van der Waals surface area (Å²) in [6.45, 7) is 3.66. The number of carbonyl (C=O) groups is 1. The third-order valence-electron chi connectivity index (χ3n) is 6.72. The Morgan fingerprint density at radius 3 is 2.57 bits per heavy atom. The van der Waals surface area contributed by atoms with E-state index in [-0.39, 0.29) is 12.1 Å². The molecule has 3 heterocycles. The Morgan fingerprint density at radius 1 is 0.943 bits per heavy atom. The van der Waals surface area contributed by atoms with E-state index >= 15 is 0 Å². The van der Waals surface area contributed by atoms with Crippen LogP contribution in [0.5, 0.6) is 11.5 Å². The minimum Gasteiger partial charge on any atom is -0.486 e. The van der Waals surface area contributed by atoms with Crippen molar-refractivity contribution in [2.24, 2.45) is 0 Å². The topological polar surface area (TPSA) is 55.7 Å². The van der Waals surface area contributed by atoms with E-state index < -0.39 is 0 Å². The fourth-order valence-corrected chi connectivity index (χ4v) is 4.94. The molecule has 35 heavy (non-hydrogen) atoms. The van der Waals surface area contributed by atoms with Crippen molar-refractivity contribution < 1.29 is 14.3 Å². The van der Waals surface area contributed by atoms with Crippen molar-refractivity contribution in [2.75, 3.05) is 18.5 Å². The first-order valence-electron chi connectivity index (χ1n) is 12.0. The van der Waals surface area contributed by atoms with E-state index in [4.69, 9.17) is 9.47 Å². The molecule has 1 atom stereocenters. The number of hydrogen-bond acceptors (Lipinski definition) is 3. The third-order valence-corrected chi connectivity index (χ3v) is 6.72.